The molecule has 4 rings (SSSR count). The number of halogens is 3. The fourth-order valence-electron chi connectivity index (χ4n) is 4.73. The summed E-state index contributed by atoms with van der Waals surface area (Å²) in [5, 5.41) is 4.12. The highest BCUT2D eigenvalue weighted by Crippen LogP contribution is 2.28. The predicted molar refractivity (Wildman–Crippen MR) is 181 cm³/mol. The summed E-state index contributed by atoms with van der Waals surface area (Å²) in [4.78, 5) is 29.8. The van der Waals surface area contributed by atoms with Crippen molar-refractivity contribution in [2.45, 2.75) is 50.2 Å². The first-order valence-electron chi connectivity index (χ1n) is 14.2. The van der Waals surface area contributed by atoms with Crippen LogP contribution in [0.2, 0.25) is 15.1 Å². The van der Waals surface area contributed by atoms with Gasteiger partial charge in [0.05, 0.1) is 10.6 Å². The van der Waals surface area contributed by atoms with Crippen LogP contribution in [-0.4, -0.2) is 43.3 Å². The molecule has 0 saturated carbocycles. The molecule has 7 nitrogen and oxygen atoms in total. The van der Waals surface area contributed by atoms with Crippen LogP contribution >= 0.6 is 34.8 Å². The minimum atomic E-state index is -4.28. The summed E-state index contributed by atoms with van der Waals surface area (Å²) in [7, 11) is -4.28. The average Bonchev–Trinajstić information content (AvgIpc) is 2.97. The van der Waals surface area contributed by atoms with Crippen molar-refractivity contribution in [3.05, 3.63) is 129 Å². The SMILES string of the molecule is CC(C)(C)NC(=O)[C@@H](Cc1ccccc1)N(Cc1cccc(Cl)c1)C(=O)CN(c1cccc(Cl)c1)S(=O)(=O)c1ccc(Cl)cc1. The number of anilines is 1. The van der Waals surface area contributed by atoms with Crippen molar-refractivity contribution in [3.8, 4) is 0 Å². The molecule has 4 aromatic carbocycles. The summed E-state index contributed by atoms with van der Waals surface area (Å²) in [5.41, 5.74) is 1.09. The molecule has 0 radical (unpaired) electrons. The number of benzene rings is 4. The van der Waals surface area contributed by atoms with Crippen LogP contribution in [-0.2, 0) is 32.6 Å². The van der Waals surface area contributed by atoms with Gasteiger partial charge in [0.2, 0.25) is 11.8 Å². The Kier molecular flexibility index (Phi) is 11.2. The highest BCUT2D eigenvalue weighted by atomic mass is 35.5. The van der Waals surface area contributed by atoms with Crippen LogP contribution in [0.3, 0.4) is 0 Å². The molecule has 0 heterocycles. The number of carbonyl (C=O) groups is 2. The molecule has 0 spiro atoms. The van der Waals surface area contributed by atoms with E-state index in [1.54, 1.807) is 42.5 Å². The molecule has 0 saturated heterocycles. The molecule has 0 bridgehead atoms. The van der Waals surface area contributed by atoms with Crippen LogP contribution in [0.1, 0.15) is 31.9 Å². The molecule has 0 aliphatic heterocycles. The minimum absolute atomic E-state index is 0.00116. The van der Waals surface area contributed by atoms with E-state index in [0.717, 1.165) is 9.87 Å². The van der Waals surface area contributed by atoms with Crippen LogP contribution in [0.4, 0.5) is 5.69 Å². The highest BCUT2D eigenvalue weighted by molar-refractivity contribution is 7.92. The maximum atomic E-state index is 14.5. The number of amides is 2. The third-order valence-corrected chi connectivity index (χ3v) is 9.30. The van der Waals surface area contributed by atoms with Gasteiger partial charge in [-0.3, -0.25) is 13.9 Å². The molecule has 0 unspecified atom stereocenters. The first-order valence-corrected chi connectivity index (χ1v) is 16.7. The predicted octanol–water partition coefficient (Wildman–Crippen LogP) is 7.40. The lowest BCUT2D eigenvalue weighted by Gasteiger charge is -2.35. The molecule has 0 aromatic heterocycles. The molecular weight excluding hydrogens is 653 g/mol. The molecule has 2 amide bonds. The Bertz CT molecular complexity index is 1740. The van der Waals surface area contributed by atoms with E-state index in [4.69, 9.17) is 34.8 Å². The molecule has 0 fully saturated rings. The van der Waals surface area contributed by atoms with E-state index in [2.05, 4.69) is 5.32 Å². The van der Waals surface area contributed by atoms with Gasteiger partial charge in [0.25, 0.3) is 10.0 Å². The average molecular weight is 687 g/mol. The third kappa shape index (κ3) is 9.47. The number of nitrogens with zero attached hydrogens (tertiary/aromatic N) is 2. The van der Waals surface area contributed by atoms with Crippen LogP contribution in [0.25, 0.3) is 0 Å². The first kappa shape index (κ1) is 34.3. The fourth-order valence-corrected chi connectivity index (χ4v) is 6.66. The summed E-state index contributed by atoms with van der Waals surface area (Å²) < 4.78 is 29.1. The van der Waals surface area contributed by atoms with Crippen molar-refractivity contribution >= 4 is 62.3 Å². The van der Waals surface area contributed by atoms with Gasteiger partial charge in [-0.2, -0.15) is 0 Å². The van der Waals surface area contributed by atoms with Gasteiger partial charge in [-0.25, -0.2) is 8.42 Å². The van der Waals surface area contributed by atoms with Gasteiger partial charge >= 0.3 is 0 Å². The third-order valence-electron chi connectivity index (χ3n) is 6.79. The number of rotatable bonds is 11. The van der Waals surface area contributed by atoms with Crippen molar-refractivity contribution in [2.24, 2.45) is 0 Å². The van der Waals surface area contributed by atoms with E-state index in [0.29, 0.717) is 20.6 Å². The second-order valence-corrected chi connectivity index (χ2v) is 14.7. The Hall–Kier alpha value is -3.56. The summed E-state index contributed by atoms with van der Waals surface area (Å²) >= 11 is 18.6. The second-order valence-electron chi connectivity index (χ2n) is 11.5. The lowest BCUT2D eigenvalue weighted by Crippen LogP contribution is -2.56. The molecule has 45 heavy (non-hydrogen) atoms. The topological polar surface area (TPSA) is 86.8 Å². The Morgan fingerprint density at radius 1 is 0.756 bits per heavy atom. The maximum Gasteiger partial charge on any atom is 0.264 e. The number of carbonyl (C=O) groups excluding carboxylic acids is 2. The van der Waals surface area contributed by atoms with Crippen LogP contribution in [0, 0.1) is 0 Å². The van der Waals surface area contributed by atoms with E-state index in [1.165, 1.54) is 35.2 Å². The molecule has 4 aromatic rings. The zero-order valence-corrected chi connectivity index (χ0v) is 28.2. The van der Waals surface area contributed by atoms with E-state index in [1.807, 2.05) is 51.1 Å². The molecule has 11 heteroatoms. The Labute approximate surface area is 279 Å². The van der Waals surface area contributed by atoms with Gasteiger partial charge in [0.15, 0.2) is 0 Å². The van der Waals surface area contributed by atoms with E-state index in [-0.39, 0.29) is 29.5 Å². The second kappa shape index (κ2) is 14.7. The number of nitrogens with one attached hydrogen (secondary N) is 1. The standard InChI is InChI=1S/C34H34Cl3N3O4S/c1-34(2,3)38-33(42)31(20-24-9-5-4-6-10-24)39(22-25-11-7-12-27(36)19-25)32(41)23-40(29-14-8-13-28(37)21-29)45(43,44)30-17-15-26(35)16-18-30/h4-19,21,31H,20,22-23H2,1-3H3,(H,38,42)/t31-/m1/s1. The molecule has 0 aliphatic carbocycles. The van der Waals surface area contributed by atoms with E-state index >= 15 is 0 Å². The Morgan fingerprint density at radius 3 is 1.96 bits per heavy atom. The summed E-state index contributed by atoms with van der Waals surface area (Å²) in [6, 6.07) is 27.2. The summed E-state index contributed by atoms with van der Waals surface area (Å²) in [5.74, 6) is -0.978. The van der Waals surface area contributed by atoms with Crippen molar-refractivity contribution in [1.82, 2.24) is 10.2 Å². The molecule has 1 N–H and O–H groups in total. The lowest BCUT2D eigenvalue weighted by atomic mass is 10.0. The van der Waals surface area contributed by atoms with Crippen molar-refractivity contribution in [2.75, 3.05) is 10.8 Å². The van der Waals surface area contributed by atoms with Crippen LogP contribution in [0.15, 0.2) is 108 Å². The number of hydrogen-bond donors (Lipinski definition) is 1. The highest BCUT2D eigenvalue weighted by Gasteiger charge is 2.35. The fraction of sp³-hybridized carbons (Fsp3) is 0.235. The van der Waals surface area contributed by atoms with Crippen LogP contribution in [0.5, 0.6) is 0 Å². The van der Waals surface area contributed by atoms with Crippen molar-refractivity contribution in [3.63, 3.8) is 0 Å². The molecule has 236 valence electrons. The zero-order chi connectivity index (χ0) is 32.8. The van der Waals surface area contributed by atoms with Gasteiger partial charge in [-0.05, 0) is 86.5 Å². The molecular formula is C34H34Cl3N3O4S. The lowest BCUT2D eigenvalue weighted by molar-refractivity contribution is -0.140. The van der Waals surface area contributed by atoms with E-state index < -0.39 is 34.1 Å². The summed E-state index contributed by atoms with van der Waals surface area (Å²) in [6.07, 6.45) is 0.191. The van der Waals surface area contributed by atoms with Gasteiger partial charge in [0.1, 0.15) is 12.6 Å². The smallest absolute Gasteiger partial charge is 0.264 e. The van der Waals surface area contributed by atoms with Gasteiger partial charge in [-0.15, -0.1) is 0 Å². The molecule has 0 aliphatic rings. The number of hydrogen-bond acceptors (Lipinski definition) is 4. The summed E-state index contributed by atoms with van der Waals surface area (Å²) in [6.45, 7) is 4.95. The first-order chi connectivity index (χ1) is 21.2. The van der Waals surface area contributed by atoms with Gasteiger partial charge in [-0.1, -0.05) is 83.3 Å². The quantitative estimate of drug-likeness (QED) is 0.178. The van der Waals surface area contributed by atoms with Crippen LogP contribution < -0.4 is 9.62 Å². The monoisotopic (exact) mass is 685 g/mol. The van der Waals surface area contributed by atoms with Gasteiger partial charge < -0.3 is 10.2 Å². The number of sulfonamides is 1. The van der Waals surface area contributed by atoms with E-state index in [9.17, 15) is 18.0 Å². The Balaban J connectivity index is 1.82. The largest absolute Gasteiger partial charge is 0.350 e. The Morgan fingerprint density at radius 2 is 1.36 bits per heavy atom. The van der Waals surface area contributed by atoms with Crippen molar-refractivity contribution < 1.29 is 18.0 Å². The molecule has 1 atom stereocenters. The normalized spacial score (nSPS) is 12.3. The zero-order valence-electron chi connectivity index (χ0n) is 25.1. The van der Waals surface area contributed by atoms with Crippen molar-refractivity contribution in [1.29, 1.82) is 0 Å². The van der Waals surface area contributed by atoms with Gasteiger partial charge in [0, 0.05) is 33.6 Å². The minimum Gasteiger partial charge on any atom is -0.350 e. The maximum absolute atomic E-state index is 14.5.